The number of thiazole rings is 1. The summed E-state index contributed by atoms with van der Waals surface area (Å²) in [6, 6.07) is 5.64. The Kier molecular flexibility index (Phi) is 8.15. The van der Waals surface area contributed by atoms with E-state index in [0.717, 1.165) is 53.8 Å². The number of ether oxygens (including phenoxy) is 2. The molecule has 7 nitrogen and oxygen atoms in total. The molecule has 4 N–H and O–H groups in total. The van der Waals surface area contributed by atoms with Crippen LogP contribution in [0.5, 0.6) is 11.5 Å². The lowest BCUT2D eigenvalue weighted by Crippen LogP contribution is -2.27. The van der Waals surface area contributed by atoms with E-state index < -0.39 is 0 Å². The molecule has 27 heavy (non-hydrogen) atoms. The molecule has 3 rings (SSSR count). The maximum Gasteiger partial charge on any atom is 0.195 e. The molecule has 9 heteroatoms. The third kappa shape index (κ3) is 5.47. The Hall–Kier alpha value is -2.03. The minimum absolute atomic E-state index is 0. The zero-order valence-electron chi connectivity index (χ0n) is 15.5. The Morgan fingerprint density at radius 2 is 1.96 bits per heavy atom. The fraction of sp³-hybridized carbons (Fsp3) is 0.444. The molecule has 0 saturated carbocycles. The van der Waals surface area contributed by atoms with Crippen molar-refractivity contribution in [2.45, 2.75) is 25.3 Å². The van der Waals surface area contributed by atoms with Crippen LogP contribution in [0, 0.1) is 0 Å². The average molecular weight is 412 g/mol. The van der Waals surface area contributed by atoms with Gasteiger partial charge in [0.1, 0.15) is 11.5 Å². The lowest BCUT2D eigenvalue weighted by atomic mass is 9.96. The van der Waals surface area contributed by atoms with E-state index in [1.165, 1.54) is 0 Å². The van der Waals surface area contributed by atoms with E-state index in [-0.39, 0.29) is 12.4 Å². The number of aliphatic imine (C=N–C) groups is 1. The van der Waals surface area contributed by atoms with Crippen LogP contribution in [-0.4, -0.2) is 38.3 Å². The topological polar surface area (TPSA) is 93.8 Å². The van der Waals surface area contributed by atoms with Crippen molar-refractivity contribution in [3.8, 4) is 11.5 Å². The Morgan fingerprint density at radius 3 is 2.59 bits per heavy atom. The molecule has 0 atom stereocenters. The van der Waals surface area contributed by atoms with Gasteiger partial charge in [-0.25, -0.2) is 9.98 Å². The summed E-state index contributed by atoms with van der Waals surface area (Å²) in [4.78, 5) is 9.07. The molecule has 0 spiro atoms. The lowest BCUT2D eigenvalue weighted by molar-refractivity contribution is 0.385. The summed E-state index contributed by atoms with van der Waals surface area (Å²) < 4.78 is 10.8. The molecule has 2 heterocycles. The van der Waals surface area contributed by atoms with E-state index in [4.69, 9.17) is 15.2 Å². The fourth-order valence-corrected chi connectivity index (χ4v) is 3.85. The lowest BCUT2D eigenvalue weighted by Gasteiger charge is -2.20. The van der Waals surface area contributed by atoms with Crippen molar-refractivity contribution in [2.75, 3.05) is 32.6 Å². The smallest absolute Gasteiger partial charge is 0.195 e. The van der Waals surface area contributed by atoms with Gasteiger partial charge in [-0.3, -0.25) is 0 Å². The van der Waals surface area contributed by atoms with Crippen molar-refractivity contribution < 1.29 is 9.47 Å². The van der Waals surface area contributed by atoms with Gasteiger partial charge in [-0.1, -0.05) is 6.07 Å². The minimum Gasteiger partial charge on any atom is -0.496 e. The van der Waals surface area contributed by atoms with Crippen molar-refractivity contribution in [1.29, 1.82) is 0 Å². The summed E-state index contributed by atoms with van der Waals surface area (Å²) in [5.74, 6) is 2.30. The summed E-state index contributed by atoms with van der Waals surface area (Å²) >= 11 is 1.56. The molecule has 148 valence electrons. The van der Waals surface area contributed by atoms with Crippen molar-refractivity contribution in [3.05, 3.63) is 34.8 Å². The number of guanidine groups is 1. The highest BCUT2D eigenvalue weighted by molar-refractivity contribution is 7.13. The number of methoxy groups -OCH3 is 2. The van der Waals surface area contributed by atoms with Crippen LogP contribution in [0.4, 0.5) is 5.13 Å². The van der Waals surface area contributed by atoms with E-state index in [1.807, 2.05) is 18.2 Å². The zero-order valence-corrected chi connectivity index (χ0v) is 17.2. The zero-order chi connectivity index (χ0) is 18.4. The van der Waals surface area contributed by atoms with E-state index in [9.17, 15) is 0 Å². The van der Waals surface area contributed by atoms with Gasteiger partial charge < -0.3 is 25.8 Å². The number of nitrogens with two attached hydrogens (primary N) is 1. The second-order valence-electron chi connectivity index (χ2n) is 6.07. The molecule has 0 bridgehead atoms. The molecule has 1 aromatic heterocycles. The third-order valence-electron chi connectivity index (χ3n) is 4.45. The van der Waals surface area contributed by atoms with Crippen molar-refractivity contribution >= 4 is 34.8 Å². The number of hydrogen-bond donors (Lipinski definition) is 3. The molecule has 1 fully saturated rings. The van der Waals surface area contributed by atoms with Crippen LogP contribution in [0.2, 0.25) is 0 Å². The molecule has 0 aliphatic carbocycles. The van der Waals surface area contributed by atoms with Crippen LogP contribution < -0.4 is 25.8 Å². The molecule has 1 aromatic carbocycles. The van der Waals surface area contributed by atoms with Gasteiger partial charge in [0.25, 0.3) is 0 Å². The number of piperidine rings is 1. The number of nitrogens with one attached hydrogen (secondary N) is 2. The summed E-state index contributed by atoms with van der Waals surface area (Å²) in [6.07, 6.45) is 2.25. The van der Waals surface area contributed by atoms with Crippen LogP contribution in [0.25, 0.3) is 0 Å². The van der Waals surface area contributed by atoms with Gasteiger partial charge in [0.05, 0.1) is 32.0 Å². The summed E-state index contributed by atoms with van der Waals surface area (Å²) in [5.41, 5.74) is 8.03. The number of aromatic nitrogens is 1. The first-order valence-electron chi connectivity index (χ1n) is 8.64. The molecule has 1 aliphatic rings. The van der Waals surface area contributed by atoms with Gasteiger partial charge in [-0.15, -0.1) is 23.7 Å². The average Bonchev–Trinajstić information content (AvgIpc) is 3.15. The van der Waals surface area contributed by atoms with Crippen LogP contribution in [-0.2, 0) is 6.54 Å². The molecule has 0 radical (unpaired) electrons. The molecular weight excluding hydrogens is 386 g/mol. The third-order valence-corrected chi connectivity index (χ3v) is 5.23. The van der Waals surface area contributed by atoms with Crippen molar-refractivity contribution in [3.63, 3.8) is 0 Å². The predicted molar refractivity (Wildman–Crippen MR) is 113 cm³/mol. The second kappa shape index (κ2) is 10.3. The van der Waals surface area contributed by atoms with E-state index in [0.29, 0.717) is 18.4 Å². The van der Waals surface area contributed by atoms with E-state index in [1.54, 1.807) is 25.6 Å². The summed E-state index contributed by atoms with van der Waals surface area (Å²) in [7, 11) is 3.25. The maximum atomic E-state index is 6.04. The largest absolute Gasteiger partial charge is 0.496 e. The standard InChI is InChI=1S/C18H25N5O2S.ClH/c1-24-15-4-3-5-16(25-2)13(15)10-21-17(19)23-18-22-14(11-26-18)12-6-8-20-9-7-12;/h3-5,11-12,20H,6-10H2,1-2H3,(H3,19,21,22,23);1H. The predicted octanol–water partition coefficient (Wildman–Crippen LogP) is 2.98. The van der Waals surface area contributed by atoms with Crippen LogP contribution in [0.15, 0.2) is 28.6 Å². The SMILES string of the molecule is COc1cccc(OC)c1CN=C(N)Nc1nc(C2CCNCC2)cs1.Cl. The normalized spacial score (nSPS) is 15.1. The van der Waals surface area contributed by atoms with Crippen molar-refractivity contribution in [2.24, 2.45) is 10.7 Å². The quantitative estimate of drug-likeness (QED) is 0.499. The number of nitrogens with zero attached hydrogens (tertiary/aromatic N) is 2. The van der Waals surface area contributed by atoms with Crippen LogP contribution in [0.3, 0.4) is 0 Å². The first kappa shape index (κ1) is 21.3. The van der Waals surface area contributed by atoms with Gasteiger partial charge in [-0.05, 0) is 38.1 Å². The number of halogens is 1. The highest BCUT2D eigenvalue weighted by Crippen LogP contribution is 2.30. The molecular formula is C18H26ClN5O2S. The van der Waals surface area contributed by atoms with Crippen LogP contribution >= 0.6 is 23.7 Å². The Morgan fingerprint density at radius 1 is 1.30 bits per heavy atom. The highest BCUT2D eigenvalue weighted by atomic mass is 35.5. The highest BCUT2D eigenvalue weighted by Gasteiger charge is 2.18. The number of anilines is 1. The van der Waals surface area contributed by atoms with Gasteiger partial charge in [0, 0.05) is 11.3 Å². The van der Waals surface area contributed by atoms with E-state index in [2.05, 4.69) is 26.0 Å². The Bertz CT molecular complexity index is 740. The first-order valence-corrected chi connectivity index (χ1v) is 9.52. The number of hydrogen-bond acceptors (Lipinski definition) is 6. The van der Waals surface area contributed by atoms with Gasteiger partial charge in [-0.2, -0.15) is 0 Å². The second-order valence-corrected chi connectivity index (χ2v) is 6.93. The molecule has 2 aromatic rings. The fourth-order valence-electron chi connectivity index (χ4n) is 3.05. The monoisotopic (exact) mass is 411 g/mol. The maximum absolute atomic E-state index is 6.04. The Balaban J connectivity index is 0.00000261. The molecule has 0 unspecified atom stereocenters. The molecule has 1 saturated heterocycles. The van der Waals surface area contributed by atoms with Crippen molar-refractivity contribution in [1.82, 2.24) is 10.3 Å². The van der Waals surface area contributed by atoms with Gasteiger partial charge in [0.2, 0.25) is 0 Å². The first-order chi connectivity index (χ1) is 12.7. The molecule has 0 amide bonds. The Labute approximate surface area is 169 Å². The van der Waals surface area contributed by atoms with Gasteiger partial charge in [0.15, 0.2) is 11.1 Å². The number of rotatable bonds is 6. The number of benzene rings is 1. The van der Waals surface area contributed by atoms with Crippen LogP contribution in [0.1, 0.15) is 30.0 Å². The molecule has 1 aliphatic heterocycles. The summed E-state index contributed by atoms with van der Waals surface area (Å²) in [6.45, 7) is 2.46. The minimum atomic E-state index is 0. The summed E-state index contributed by atoms with van der Waals surface area (Å²) in [5, 5.41) is 9.34. The van der Waals surface area contributed by atoms with E-state index >= 15 is 0 Å². The van der Waals surface area contributed by atoms with Gasteiger partial charge >= 0.3 is 0 Å².